The number of hydrogen-bond donors (Lipinski definition) is 3. The molecule has 13 heteroatoms. The fraction of sp³-hybridized carbons (Fsp3) is 0.231. The molecule has 1 aromatic heterocycles. The van der Waals surface area contributed by atoms with Crippen LogP contribution in [-0.2, 0) is 16.1 Å². The molecule has 2 aromatic rings. The number of halogens is 4. The molecule has 9 nitrogen and oxygen atoms in total. The van der Waals surface area contributed by atoms with Crippen molar-refractivity contribution in [1.29, 1.82) is 0 Å². The lowest BCUT2D eigenvalue weighted by Crippen LogP contribution is -2.22. The Morgan fingerprint density at radius 2 is 1.69 bits per heavy atom. The molecule has 1 aromatic carbocycles. The molecule has 0 atom stereocenters. The van der Waals surface area contributed by atoms with E-state index in [1.807, 2.05) is 0 Å². The van der Waals surface area contributed by atoms with Crippen molar-refractivity contribution < 1.29 is 37.4 Å². The van der Waals surface area contributed by atoms with Gasteiger partial charge in [-0.2, -0.15) is 13.2 Å². The number of nitrogens with zero attached hydrogens (tertiary/aromatic N) is 4. The van der Waals surface area contributed by atoms with Crippen LogP contribution in [0.25, 0.3) is 11.4 Å². The Kier molecular flexibility index (Phi) is 7.46. The van der Waals surface area contributed by atoms with E-state index >= 15 is 0 Å². The van der Waals surface area contributed by atoms with Gasteiger partial charge in [0.25, 0.3) is 0 Å². The standard InChI is InChI=1S/C11H10FN5O2.C2HF3O2/c12-9-3-7(11-16-14-6-15-17-11)1-2-8(9)4-13-5-10(18)19;3-2(4,5)1(6)7/h1-3,6,13H,4-5H2,(H,18,19);(H,6,7). The Hall–Kier alpha value is -3.22. The molecule has 26 heavy (non-hydrogen) atoms. The van der Waals surface area contributed by atoms with Gasteiger partial charge in [0.1, 0.15) is 5.82 Å². The summed E-state index contributed by atoms with van der Waals surface area (Å²) in [5.74, 6) is -3.99. The van der Waals surface area contributed by atoms with E-state index in [2.05, 4.69) is 25.7 Å². The smallest absolute Gasteiger partial charge is 0.480 e. The normalized spacial score (nSPS) is 10.6. The van der Waals surface area contributed by atoms with E-state index in [-0.39, 0.29) is 18.9 Å². The molecule has 3 N–H and O–H groups in total. The molecule has 0 saturated heterocycles. The summed E-state index contributed by atoms with van der Waals surface area (Å²) < 4.78 is 45.5. The van der Waals surface area contributed by atoms with Crippen molar-refractivity contribution >= 4 is 11.9 Å². The molecule has 0 spiro atoms. The molecule has 0 unspecified atom stereocenters. The SMILES string of the molecule is O=C(O)C(F)(F)F.O=C(O)CNCc1ccc(-c2nncnn2)cc1F. The third-order valence-electron chi connectivity index (χ3n) is 2.55. The van der Waals surface area contributed by atoms with Crippen LogP contribution in [-0.4, -0.2) is 55.3 Å². The first-order chi connectivity index (χ1) is 12.1. The van der Waals surface area contributed by atoms with Gasteiger partial charge in [-0.3, -0.25) is 4.79 Å². The largest absolute Gasteiger partial charge is 0.490 e. The molecule has 0 aliphatic heterocycles. The summed E-state index contributed by atoms with van der Waals surface area (Å²) in [6.07, 6.45) is -3.90. The monoisotopic (exact) mass is 377 g/mol. The van der Waals surface area contributed by atoms with Gasteiger partial charge in [-0.15, -0.1) is 20.4 Å². The first-order valence-electron chi connectivity index (χ1n) is 6.63. The van der Waals surface area contributed by atoms with Crippen LogP contribution >= 0.6 is 0 Å². The van der Waals surface area contributed by atoms with Crippen LogP contribution in [0.1, 0.15) is 5.56 Å². The lowest BCUT2D eigenvalue weighted by molar-refractivity contribution is -0.192. The zero-order valence-electron chi connectivity index (χ0n) is 12.7. The van der Waals surface area contributed by atoms with Crippen molar-refractivity contribution in [2.75, 3.05) is 6.54 Å². The van der Waals surface area contributed by atoms with Crippen LogP contribution in [0.3, 0.4) is 0 Å². The summed E-state index contributed by atoms with van der Waals surface area (Å²) in [5, 5.41) is 32.8. The zero-order valence-corrected chi connectivity index (χ0v) is 12.7. The number of carbonyl (C=O) groups is 2. The fourth-order valence-corrected chi connectivity index (χ4v) is 1.45. The molecular weight excluding hydrogens is 366 g/mol. The van der Waals surface area contributed by atoms with Crippen LogP contribution < -0.4 is 5.32 Å². The predicted molar refractivity (Wildman–Crippen MR) is 76.0 cm³/mol. The minimum Gasteiger partial charge on any atom is -0.480 e. The second-order valence-electron chi connectivity index (χ2n) is 4.48. The molecule has 0 saturated carbocycles. The Labute approximate surface area is 142 Å². The second kappa shape index (κ2) is 9.31. The van der Waals surface area contributed by atoms with E-state index in [1.165, 1.54) is 18.5 Å². The Balaban J connectivity index is 0.000000412. The summed E-state index contributed by atoms with van der Waals surface area (Å²) in [5.41, 5.74) is 0.821. The van der Waals surface area contributed by atoms with Gasteiger partial charge in [0.05, 0.1) is 6.54 Å². The van der Waals surface area contributed by atoms with Crippen LogP contribution in [0, 0.1) is 5.82 Å². The summed E-state index contributed by atoms with van der Waals surface area (Å²) in [4.78, 5) is 19.2. The van der Waals surface area contributed by atoms with Gasteiger partial charge in [-0.25, -0.2) is 9.18 Å². The maximum absolute atomic E-state index is 13.8. The van der Waals surface area contributed by atoms with Crippen LogP contribution in [0.5, 0.6) is 0 Å². The summed E-state index contributed by atoms with van der Waals surface area (Å²) in [7, 11) is 0. The highest BCUT2D eigenvalue weighted by atomic mass is 19.4. The van der Waals surface area contributed by atoms with Gasteiger partial charge < -0.3 is 15.5 Å². The third-order valence-corrected chi connectivity index (χ3v) is 2.55. The molecule has 2 rings (SSSR count). The number of aliphatic carboxylic acids is 2. The average molecular weight is 377 g/mol. The molecule has 0 amide bonds. The number of alkyl halides is 3. The maximum atomic E-state index is 13.8. The van der Waals surface area contributed by atoms with Crippen LogP contribution in [0.15, 0.2) is 24.5 Å². The van der Waals surface area contributed by atoms with Gasteiger partial charge in [0.15, 0.2) is 6.33 Å². The topological polar surface area (TPSA) is 138 Å². The molecule has 0 radical (unpaired) electrons. The minimum absolute atomic E-state index is 0.130. The number of benzene rings is 1. The molecule has 140 valence electrons. The molecule has 0 aliphatic rings. The van der Waals surface area contributed by atoms with Gasteiger partial charge in [-0.05, 0) is 6.07 Å². The number of carboxylic acids is 2. The maximum Gasteiger partial charge on any atom is 0.490 e. The van der Waals surface area contributed by atoms with Crippen LogP contribution in [0.2, 0.25) is 0 Å². The Morgan fingerprint density at radius 3 is 2.15 bits per heavy atom. The van der Waals surface area contributed by atoms with E-state index < -0.39 is 23.9 Å². The van der Waals surface area contributed by atoms with Gasteiger partial charge in [-0.1, -0.05) is 12.1 Å². The lowest BCUT2D eigenvalue weighted by Gasteiger charge is -2.05. The van der Waals surface area contributed by atoms with Gasteiger partial charge in [0, 0.05) is 17.7 Å². The van der Waals surface area contributed by atoms with E-state index in [0.29, 0.717) is 11.1 Å². The van der Waals surface area contributed by atoms with Crippen LogP contribution in [0.4, 0.5) is 17.6 Å². The molecule has 1 heterocycles. The number of carboxylic acid groups (broad SMARTS) is 2. The molecule has 0 bridgehead atoms. The second-order valence-corrected chi connectivity index (χ2v) is 4.48. The number of rotatable bonds is 5. The Morgan fingerprint density at radius 1 is 1.12 bits per heavy atom. The van der Waals surface area contributed by atoms with E-state index in [1.54, 1.807) is 6.07 Å². The highest BCUT2D eigenvalue weighted by Gasteiger charge is 2.38. The van der Waals surface area contributed by atoms with Crippen molar-refractivity contribution in [3.63, 3.8) is 0 Å². The number of aromatic nitrogens is 4. The minimum atomic E-state index is -5.08. The van der Waals surface area contributed by atoms with E-state index in [4.69, 9.17) is 15.0 Å². The summed E-state index contributed by atoms with van der Waals surface area (Å²) in [6.45, 7) is -0.0958. The third kappa shape index (κ3) is 7.12. The predicted octanol–water partition coefficient (Wildman–Crippen LogP) is 0.880. The number of hydrogen-bond acceptors (Lipinski definition) is 7. The molecular formula is C13H11F4N5O4. The van der Waals surface area contributed by atoms with Crippen molar-refractivity contribution in [3.8, 4) is 11.4 Å². The lowest BCUT2D eigenvalue weighted by atomic mass is 10.1. The van der Waals surface area contributed by atoms with Crippen molar-refractivity contribution in [2.45, 2.75) is 12.7 Å². The first kappa shape index (κ1) is 20.8. The quantitative estimate of drug-likeness (QED) is 0.648. The van der Waals surface area contributed by atoms with E-state index in [0.717, 1.165) is 0 Å². The fourth-order valence-electron chi connectivity index (χ4n) is 1.45. The Bertz CT molecular complexity index is 758. The van der Waals surface area contributed by atoms with Crippen molar-refractivity contribution in [3.05, 3.63) is 35.9 Å². The highest BCUT2D eigenvalue weighted by Crippen LogP contribution is 2.17. The van der Waals surface area contributed by atoms with Crippen molar-refractivity contribution in [2.24, 2.45) is 0 Å². The first-order valence-corrected chi connectivity index (χ1v) is 6.63. The average Bonchev–Trinajstić information content (AvgIpc) is 2.56. The number of nitrogens with one attached hydrogen (secondary N) is 1. The van der Waals surface area contributed by atoms with Crippen molar-refractivity contribution in [1.82, 2.24) is 25.7 Å². The molecule has 0 fully saturated rings. The summed E-state index contributed by atoms with van der Waals surface area (Å²) in [6, 6.07) is 4.42. The van der Waals surface area contributed by atoms with Gasteiger partial charge >= 0.3 is 18.1 Å². The molecule has 0 aliphatic carbocycles. The summed E-state index contributed by atoms with van der Waals surface area (Å²) >= 11 is 0. The highest BCUT2D eigenvalue weighted by molar-refractivity contribution is 5.73. The zero-order chi connectivity index (χ0) is 19.7. The van der Waals surface area contributed by atoms with Gasteiger partial charge in [0.2, 0.25) is 5.82 Å². The van der Waals surface area contributed by atoms with E-state index in [9.17, 15) is 22.4 Å².